The Morgan fingerprint density at radius 2 is 1.68 bits per heavy atom. The van der Waals surface area contributed by atoms with Crippen LogP contribution in [0.4, 0.5) is 0 Å². The molecule has 0 amide bonds. The van der Waals surface area contributed by atoms with Crippen LogP contribution in [0.2, 0.25) is 0 Å². The highest BCUT2D eigenvalue weighted by atomic mass is 32.2. The van der Waals surface area contributed by atoms with E-state index in [-0.39, 0.29) is 0 Å². The van der Waals surface area contributed by atoms with E-state index in [1.807, 2.05) is 48.5 Å². The molecule has 0 N–H and O–H groups in total. The predicted molar refractivity (Wildman–Crippen MR) is 91.2 cm³/mol. The molecule has 1 atom stereocenters. The van der Waals surface area contributed by atoms with Gasteiger partial charge >= 0.3 is 0 Å². The topological polar surface area (TPSA) is 29.5 Å². The van der Waals surface area contributed by atoms with E-state index in [1.54, 1.807) is 11.9 Å². The molecule has 0 saturated carbocycles. The first-order valence-corrected chi connectivity index (χ1v) is 9.44. The summed E-state index contributed by atoms with van der Waals surface area (Å²) in [4.78, 5) is 2.00. The van der Waals surface area contributed by atoms with Gasteiger partial charge in [-0.15, -0.1) is 0 Å². The molecule has 3 rings (SSSR count). The van der Waals surface area contributed by atoms with E-state index in [1.165, 1.54) is 0 Å². The SMILES string of the molecule is O=S(Cc1ccccc1)c1ccccc1SN1CCOCC1. The molecule has 1 unspecified atom stereocenters. The quantitative estimate of drug-likeness (QED) is 0.785. The molecule has 0 aromatic heterocycles. The maximum Gasteiger partial charge on any atom is 0.0603 e. The molecule has 0 bridgehead atoms. The summed E-state index contributed by atoms with van der Waals surface area (Å²) in [6.45, 7) is 3.35. The molecule has 0 radical (unpaired) electrons. The van der Waals surface area contributed by atoms with Crippen molar-refractivity contribution < 1.29 is 8.95 Å². The molecule has 1 aliphatic heterocycles. The minimum atomic E-state index is -1.03. The van der Waals surface area contributed by atoms with Gasteiger partial charge in [-0.25, -0.2) is 4.31 Å². The van der Waals surface area contributed by atoms with Crippen LogP contribution in [0.3, 0.4) is 0 Å². The average Bonchev–Trinajstić information content (AvgIpc) is 2.57. The molecule has 116 valence electrons. The maximum atomic E-state index is 12.7. The summed E-state index contributed by atoms with van der Waals surface area (Å²) < 4.78 is 20.4. The van der Waals surface area contributed by atoms with Crippen LogP contribution >= 0.6 is 11.9 Å². The molecular weight excluding hydrogens is 314 g/mol. The lowest BCUT2D eigenvalue weighted by Crippen LogP contribution is -2.31. The van der Waals surface area contributed by atoms with Crippen molar-refractivity contribution in [2.75, 3.05) is 26.3 Å². The first kappa shape index (κ1) is 15.7. The Hall–Kier alpha value is -1.14. The molecule has 5 heteroatoms. The van der Waals surface area contributed by atoms with Crippen molar-refractivity contribution in [2.24, 2.45) is 0 Å². The minimum Gasteiger partial charge on any atom is -0.379 e. The molecule has 0 aliphatic carbocycles. The van der Waals surface area contributed by atoms with Gasteiger partial charge in [-0.05, 0) is 29.6 Å². The van der Waals surface area contributed by atoms with Crippen molar-refractivity contribution in [1.82, 2.24) is 4.31 Å². The third kappa shape index (κ3) is 4.20. The Kier molecular flexibility index (Phi) is 5.67. The summed E-state index contributed by atoms with van der Waals surface area (Å²) in [7, 11) is -1.03. The normalized spacial score (nSPS) is 17.3. The zero-order chi connectivity index (χ0) is 15.2. The monoisotopic (exact) mass is 333 g/mol. The van der Waals surface area contributed by atoms with E-state index < -0.39 is 10.8 Å². The van der Waals surface area contributed by atoms with Crippen LogP contribution in [0, 0.1) is 0 Å². The van der Waals surface area contributed by atoms with Crippen LogP contribution in [0.15, 0.2) is 64.4 Å². The highest BCUT2D eigenvalue weighted by Gasteiger charge is 2.16. The fourth-order valence-electron chi connectivity index (χ4n) is 2.29. The lowest BCUT2D eigenvalue weighted by Gasteiger charge is -2.26. The van der Waals surface area contributed by atoms with Gasteiger partial charge in [0.05, 0.1) is 34.7 Å². The Morgan fingerprint density at radius 3 is 2.45 bits per heavy atom. The van der Waals surface area contributed by atoms with Crippen LogP contribution in [0.25, 0.3) is 0 Å². The lowest BCUT2D eigenvalue weighted by atomic mass is 10.2. The molecule has 0 spiro atoms. The Bertz CT molecular complexity index is 628. The van der Waals surface area contributed by atoms with Gasteiger partial charge in [0, 0.05) is 18.0 Å². The second kappa shape index (κ2) is 7.92. The fraction of sp³-hybridized carbons (Fsp3) is 0.294. The molecule has 2 aromatic rings. The van der Waals surface area contributed by atoms with Gasteiger partial charge in [0.1, 0.15) is 0 Å². The van der Waals surface area contributed by atoms with E-state index >= 15 is 0 Å². The highest BCUT2D eigenvalue weighted by Crippen LogP contribution is 2.29. The number of hydrogen-bond donors (Lipinski definition) is 0. The number of nitrogens with zero attached hydrogens (tertiary/aromatic N) is 1. The van der Waals surface area contributed by atoms with Gasteiger partial charge in [0.2, 0.25) is 0 Å². The zero-order valence-corrected chi connectivity index (χ0v) is 13.9. The number of ether oxygens (including phenoxy) is 1. The summed E-state index contributed by atoms with van der Waals surface area (Å²) in [6.07, 6.45) is 0. The number of morpholine rings is 1. The Labute approximate surface area is 138 Å². The number of benzene rings is 2. The lowest BCUT2D eigenvalue weighted by molar-refractivity contribution is 0.0773. The molecule has 1 aliphatic rings. The third-order valence-corrected chi connectivity index (χ3v) is 6.18. The van der Waals surface area contributed by atoms with Crippen molar-refractivity contribution in [2.45, 2.75) is 15.5 Å². The van der Waals surface area contributed by atoms with Crippen LogP contribution in [0.1, 0.15) is 5.56 Å². The molecule has 2 aromatic carbocycles. The van der Waals surface area contributed by atoms with Crippen molar-refractivity contribution in [3.05, 3.63) is 60.2 Å². The Morgan fingerprint density at radius 1 is 1.00 bits per heavy atom. The summed E-state index contributed by atoms with van der Waals surface area (Å²) >= 11 is 1.69. The standard InChI is InChI=1S/C17H19NO2S2/c19-22(14-15-6-2-1-3-7-15)17-9-5-4-8-16(17)21-18-10-12-20-13-11-18/h1-9H,10-14H2. The predicted octanol–water partition coefficient (Wildman–Crippen LogP) is 3.33. The summed E-state index contributed by atoms with van der Waals surface area (Å²) in [5.74, 6) is 0.557. The van der Waals surface area contributed by atoms with Crippen LogP contribution in [-0.4, -0.2) is 34.8 Å². The van der Waals surface area contributed by atoms with E-state index in [0.717, 1.165) is 41.7 Å². The second-order valence-electron chi connectivity index (χ2n) is 5.05. The smallest absolute Gasteiger partial charge is 0.0603 e. The van der Waals surface area contributed by atoms with Crippen LogP contribution in [0.5, 0.6) is 0 Å². The molecule has 3 nitrogen and oxygen atoms in total. The second-order valence-corrected chi connectivity index (χ2v) is 7.61. The van der Waals surface area contributed by atoms with E-state index in [2.05, 4.69) is 10.4 Å². The van der Waals surface area contributed by atoms with Gasteiger partial charge in [-0.1, -0.05) is 42.5 Å². The molecule has 1 heterocycles. The van der Waals surface area contributed by atoms with Crippen molar-refractivity contribution in [3.63, 3.8) is 0 Å². The molecule has 1 fully saturated rings. The van der Waals surface area contributed by atoms with Gasteiger partial charge in [-0.3, -0.25) is 4.21 Å². The third-order valence-electron chi connectivity index (χ3n) is 3.43. The van der Waals surface area contributed by atoms with E-state index in [0.29, 0.717) is 5.75 Å². The summed E-state index contributed by atoms with van der Waals surface area (Å²) in [5.41, 5.74) is 1.10. The molecule has 22 heavy (non-hydrogen) atoms. The average molecular weight is 333 g/mol. The fourth-order valence-corrected chi connectivity index (χ4v) is 4.77. The van der Waals surface area contributed by atoms with Crippen LogP contribution in [-0.2, 0) is 21.3 Å². The maximum absolute atomic E-state index is 12.7. The molecule has 1 saturated heterocycles. The number of rotatable bonds is 5. The van der Waals surface area contributed by atoms with Crippen molar-refractivity contribution in [3.8, 4) is 0 Å². The van der Waals surface area contributed by atoms with Gasteiger partial charge in [0.25, 0.3) is 0 Å². The van der Waals surface area contributed by atoms with E-state index in [4.69, 9.17) is 4.74 Å². The van der Waals surface area contributed by atoms with Crippen molar-refractivity contribution in [1.29, 1.82) is 0 Å². The van der Waals surface area contributed by atoms with Crippen molar-refractivity contribution >= 4 is 22.7 Å². The first-order valence-electron chi connectivity index (χ1n) is 7.35. The summed E-state index contributed by atoms with van der Waals surface area (Å²) in [6, 6.07) is 18.0. The highest BCUT2D eigenvalue weighted by molar-refractivity contribution is 7.97. The largest absolute Gasteiger partial charge is 0.379 e. The summed E-state index contributed by atoms with van der Waals surface area (Å²) in [5, 5.41) is 0. The van der Waals surface area contributed by atoms with E-state index in [9.17, 15) is 4.21 Å². The Balaban J connectivity index is 1.74. The minimum absolute atomic E-state index is 0.557. The van der Waals surface area contributed by atoms with Gasteiger partial charge in [-0.2, -0.15) is 0 Å². The molecular formula is C17H19NO2S2. The zero-order valence-electron chi connectivity index (χ0n) is 12.3. The van der Waals surface area contributed by atoms with Crippen LogP contribution < -0.4 is 0 Å². The van der Waals surface area contributed by atoms with Gasteiger partial charge in [0.15, 0.2) is 0 Å². The number of hydrogen-bond acceptors (Lipinski definition) is 4. The first-order chi connectivity index (χ1) is 10.8. The van der Waals surface area contributed by atoms with Gasteiger partial charge < -0.3 is 4.74 Å².